The number of aryl methyl sites for hydroxylation is 2. The van der Waals surface area contributed by atoms with Crippen molar-refractivity contribution in [1.82, 2.24) is 5.32 Å². The zero-order valence-corrected chi connectivity index (χ0v) is 18.9. The average molecular weight is 437 g/mol. The topological polar surface area (TPSA) is 66.5 Å². The Hall–Kier alpha value is -3.12. The molecule has 0 radical (unpaired) electrons. The molecular weight excluding hydrogens is 408 g/mol. The SMILES string of the molecule is CC[C@H](NC(=O)CN(c1ccc(C)c(C)c1)S(=O)(=O)c1ccccc1)c1ccccc1. The number of anilines is 1. The Labute approximate surface area is 184 Å². The summed E-state index contributed by atoms with van der Waals surface area (Å²) in [5.74, 6) is -0.353. The van der Waals surface area contributed by atoms with E-state index in [0.29, 0.717) is 12.1 Å². The molecule has 1 amide bonds. The Morgan fingerprint density at radius 1 is 0.903 bits per heavy atom. The van der Waals surface area contributed by atoms with E-state index >= 15 is 0 Å². The van der Waals surface area contributed by atoms with Gasteiger partial charge in [-0.1, -0.05) is 61.5 Å². The molecule has 0 fully saturated rings. The summed E-state index contributed by atoms with van der Waals surface area (Å²) in [6.45, 7) is 5.57. The van der Waals surface area contributed by atoms with Crippen molar-refractivity contribution in [2.45, 2.75) is 38.1 Å². The Balaban J connectivity index is 1.93. The Morgan fingerprint density at radius 2 is 1.52 bits per heavy atom. The van der Waals surface area contributed by atoms with E-state index in [2.05, 4.69) is 5.32 Å². The van der Waals surface area contributed by atoms with Crippen LogP contribution in [-0.2, 0) is 14.8 Å². The molecule has 3 rings (SSSR count). The fourth-order valence-electron chi connectivity index (χ4n) is 3.39. The predicted molar refractivity (Wildman–Crippen MR) is 125 cm³/mol. The van der Waals surface area contributed by atoms with Crippen LogP contribution >= 0.6 is 0 Å². The van der Waals surface area contributed by atoms with Crippen LogP contribution in [0.4, 0.5) is 5.69 Å². The minimum atomic E-state index is -3.91. The number of hydrogen-bond donors (Lipinski definition) is 1. The van der Waals surface area contributed by atoms with Gasteiger partial charge in [0, 0.05) is 0 Å². The van der Waals surface area contributed by atoms with E-state index in [0.717, 1.165) is 16.7 Å². The first-order valence-electron chi connectivity index (χ1n) is 10.3. The Kier molecular flexibility index (Phi) is 7.13. The number of carbonyl (C=O) groups excluding carboxylic acids is 1. The molecule has 5 nitrogen and oxygen atoms in total. The molecule has 0 unspecified atom stereocenters. The van der Waals surface area contributed by atoms with Crippen molar-refractivity contribution in [3.63, 3.8) is 0 Å². The fraction of sp³-hybridized carbons (Fsp3) is 0.240. The molecule has 0 aromatic heterocycles. The molecule has 31 heavy (non-hydrogen) atoms. The van der Waals surface area contributed by atoms with Crippen molar-refractivity contribution in [3.05, 3.63) is 95.6 Å². The predicted octanol–water partition coefficient (Wildman–Crippen LogP) is 4.77. The fourth-order valence-corrected chi connectivity index (χ4v) is 4.83. The first-order valence-corrected chi connectivity index (χ1v) is 11.8. The monoisotopic (exact) mass is 436 g/mol. The van der Waals surface area contributed by atoms with Crippen LogP contribution in [0.15, 0.2) is 83.8 Å². The molecule has 1 N–H and O–H groups in total. The minimum Gasteiger partial charge on any atom is -0.348 e. The number of nitrogens with one attached hydrogen (secondary N) is 1. The summed E-state index contributed by atoms with van der Waals surface area (Å²) in [6, 6.07) is 23.1. The van der Waals surface area contributed by atoms with Gasteiger partial charge in [-0.3, -0.25) is 9.10 Å². The summed E-state index contributed by atoms with van der Waals surface area (Å²) in [5.41, 5.74) is 3.47. The van der Waals surface area contributed by atoms with E-state index in [9.17, 15) is 13.2 Å². The van der Waals surface area contributed by atoms with Gasteiger partial charge in [-0.05, 0) is 61.2 Å². The zero-order chi connectivity index (χ0) is 22.4. The van der Waals surface area contributed by atoms with Gasteiger partial charge in [0.2, 0.25) is 5.91 Å². The normalized spacial score (nSPS) is 12.2. The van der Waals surface area contributed by atoms with Crippen LogP contribution < -0.4 is 9.62 Å². The lowest BCUT2D eigenvalue weighted by molar-refractivity contribution is -0.120. The summed E-state index contributed by atoms with van der Waals surface area (Å²) in [5, 5.41) is 2.99. The van der Waals surface area contributed by atoms with Gasteiger partial charge in [0.05, 0.1) is 16.6 Å². The number of benzene rings is 3. The molecule has 0 heterocycles. The van der Waals surface area contributed by atoms with Crippen molar-refractivity contribution >= 4 is 21.6 Å². The molecule has 0 saturated heterocycles. The largest absolute Gasteiger partial charge is 0.348 e. The first-order chi connectivity index (χ1) is 14.8. The number of carbonyl (C=O) groups is 1. The average Bonchev–Trinajstić information content (AvgIpc) is 2.79. The van der Waals surface area contributed by atoms with E-state index in [4.69, 9.17) is 0 Å². The first kappa shape index (κ1) is 22.6. The van der Waals surface area contributed by atoms with Gasteiger partial charge in [-0.25, -0.2) is 8.42 Å². The molecule has 0 aliphatic heterocycles. The highest BCUT2D eigenvalue weighted by Crippen LogP contribution is 2.26. The molecule has 162 valence electrons. The lowest BCUT2D eigenvalue weighted by Gasteiger charge is -2.26. The van der Waals surface area contributed by atoms with Crippen molar-refractivity contribution in [2.24, 2.45) is 0 Å². The van der Waals surface area contributed by atoms with Crippen LogP contribution in [0, 0.1) is 13.8 Å². The molecule has 0 aliphatic carbocycles. The zero-order valence-electron chi connectivity index (χ0n) is 18.1. The van der Waals surface area contributed by atoms with Crippen LogP contribution in [0.25, 0.3) is 0 Å². The summed E-state index contributed by atoms with van der Waals surface area (Å²) in [6.07, 6.45) is 0.699. The number of rotatable bonds is 8. The highest BCUT2D eigenvalue weighted by atomic mass is 32.2. The second-order valence-electron chi connectivity index (χ2n) is 7.53. The molecule has 3 aromatic carbocycles. The Bertz CT molecular complexity index is 1130. The molecule has 0 aliphatic rings. The van der Waals surface area contributed by atoms with Crippen LogP contribution in [0.3, 0.4) is 0 Å². The number of amides is 1. The smallest absolute Gasteiger partial charge is 0.264 e. The second-order valence-corrected chi connectivity index (χ2v) is 9.39. The van der Waals surface area contributed by atoms with Gasteiger partial charge in [-0.15, -0.1) is 0 Å². The molecule has 0 bridgehead atoms. The third-order valence-electron chi connectivity index (χ3n) is 5.34. The second kappa shape index (κ2) is 9.79. The van der Waals surface area contributed by atoms with E-state index in [1.165, 1.54) is 4.31 Å². The maximum Gasteiger partial charge on any atom is 0.264 e. The van der Waals surface area contributed by atoms with Crippen LogP contribution in [0.5, 0.6) is 0 Å². The van der Waals surface area contributed by atoms with Crippen molar-refractivity contribution in [1.29, 1.82) is 0 Å². The third-order valence-corrected chi connectivity index (χ3v) is 7.13. The van der Waals surface area contributed by atoms with Crippen molar-refractivity contribution < 1.29 is 13.2 Å². The van der Waals surface area contributed by atoms with E-state index in [-0.39, 0.29) is 23.4 Å². The Morgan fingerprint density at radius 3 is 2.10 bits per heavy atom. The van der Waals surface area contributed by atoms with Gasteiger partial charge in [0.1, 0.15) is 6.54 Å². The maximum atomic E-state index is 13.4. The quantitative estimate of drug-likeness (QED) is 0.553. The molecule has 6 heteroatoms. The molecule has 1 atom stereocenters. The number of nitrogens with zero attached hydrogens (tertiary/aromatic N) is 1. The van der Waals surface area contributed by atoms with Crippen LogP contribution in [0.2, 0.25) is 0 Å². The molecular formula is C25H28N2O3S. The van der Waals surface area contributed by atoms with Crippen LogP contribution in [0.1, 0.15) is 36.1 Å². The van der Waals surface area contributed by atoms with Gasteiger partial charge < -0.3 is 5.32 Å². The lowest BCUT2D eigenvalue weighted by atomic mass is 10.0. The number of hydrogen-bond acceptors (Lipinski definition) is 3. The molecule has 0 saturated carbocycles. The van der Waals surface area contributed by atoms with Gasteiger partial charge in [0.15, 0.2) is 0 Å². The summed E-state index contributed by atoms with van der Waals surface area (Å²) in [4.78, 5) is 13.1. The maximum absolute atomic E-state index is 13.4. The third kappa shape index (κ3) is 5.33. The highest BCUT2D eigenvalue weighted by molar-refractivity contribution is 7.92. The van der Waals surface area contributed by atoms with E-state index < -0.39 is 10.0 Å². The lowest BCUT2D eigenvalue weighted by Crippen LogP contribution is -2.42. The van der Waals surface area contributed by atoms with Gasteiger partial charge >= 0.3 is 0 Å². The van der Waals surface area contributed by atoms with E-state index in [1.807, 2.05) is 57.2 Å². The van der Waals surface area contributed by atoms with Crippen molar-refractivity contribution in [3.8, 4) is 0 Å². The number of sulfonamides is 1. The molecule has 3 aromatic rings. The standard InChI is InChI=1S/C25H28N2O3S/c1-4-24(21-11-7-5-8-12-21)26-25(28)18-27(22-16-15-19(2)20(3)17-22)31(29,30)23-13-9-6-10-14-23/h5-17,24H,4,18H2,1-3H3,(H,26,28)/t24-/m0/s1. The van der Waals surface area contributed by atoms with Gasteiger partial charge in [-0.2, -0.15) is 0 Å². The van der Waals surface area contributed by atoms with Crippen molar-refractivity contribution in [2.75, 3.05) is 10.8 Å². The summed E-state index contributed by atoms with van der Waals surface area (Å²) in [7, 11) is -3.91. The van der Waals surface area contributed by atoms with E-state index in [1.54, 1.807) is 42.5 Å². The summed E-state index contributed by atoms with van der Waals surface area (Å²) < 4.78 is 28.1. The summed E-state index contributed by atoms with van der Waals surface area (Å²) >= 11 is 0. The molecule has 0 spiro atoms. The minimum absolute atomic E-state index is 0.149. The van der Waals surface area contributed by atoms with Gasteiger partial charge in [0.25, 0.3) is 10.0 Å². The van der Waals surface area contributed by atoms with Crippen LogP contribution in [-0.4, -0.2) is 20.9 Å². The highest BCUT2D eigenvalue weighted by Gasteiger charge is 2.28.